The fourth-order valence-corrected chi connectivity index (χ4v) is 1.97. The quantitative estimate of drug-likeness (QED) is 0.669. The van der Waals surface area contributed by atoms with E-state index in [2.05, 4.69) is 36.3 Å². The molecule has 0 spiro atoms. The molecule has 0 aliphatic carbocycles. The Morgan fingerprint density at radius 3 is 2.73 bits per heavy atom. The predicted octanol–water partition coefficient (Wildman–Crippen LogP) is 2.98. The van der Waals surface area contributed by atoms with Crippen molar-refractivity contribution < 1.29 is 0 Å². The van der Waals surface area contributed by atoms with E-state index in [9.17, 15) is 0 Å². The van der Waals surface area contributed by atoms with Gasteiger partial charge in [-0.25, -0.2) is 0 Å². The van der Waals surface area contributed by atoms with Crippen molar-refractivity contribution in [3.63, 3.8) is 0 Å². The third-order valence-corrected chi connectivity index (χ3v) is 2.62. The molecule has 0 bridgehead atoms. The van der Waals surface area contributed by atoms with E-state index in [0.717, 1.165) is 6.54 Å². The van der Waals surface area contributed by atoms with Gasteiger partial charge in [-0.05, 0) is 30.9 Å². The molecule has 0 saturated carbocycles. The first-order valence-corrected chi connectivity index (χ1v) is 5.05. The van der Waals surface area contributed by atoms with Crippen LogP contribution in [0.5, 0.6) is 0 Å². The first-order valence-electron chi connectivity index (χ1n) is 4.17. The van der Waals surface area contributed by atoms with Crippen LogP contribution in [0, 0.1) is 0 Å². The van der Waals surface area contributed by atoms with Crippen LogP contribution in [0.2, 0.25) is 0 Å². The highest BCUT2D eigenvalue weighted by Gasteiger charge is 2.01. The molecule has 0 saturated heterocycles. The summed E-state index contributed by atoms with van der Waals surface area (Å²) in [6.45, 7) is 6.72. The minimum absolute atomic E-state index is 1.12. The van der Waals surface area contributed by atoms with Crippen molar-refractivity contribution in [2.45, 2.75) is 20.3 Å². The Balaban J connectivity index is 2.56. The van der Waals surface area contributed by atoms with E-state index in [1.54, 1.807) is 0 Å². The molecule has 0 aromatic carbocycles. The van der Waals surface area contributed by atoms with E-state index in [4.69, 9.17) is 0 Å². The molecule has 1 heterocycles. The van der Waals surface area contributed by atoms with Crippen molar-refractivity contribution in [2.24, 2.45) is 0 Å². The third kappa shape index (κ3) is 2.22. The minimum atomic E-state index is 1.12. The van der Waals surface area contributed by atoms with Gasteiger partial charge < -0.3 is 4.90 Å². The van der Waals surface area contributed by atoms with E-state index in [0.29, 0.717) is 0 Å². The van der Waals surface area contributed by atoms with Crippen molar-refractivity contribution in [2.75, 3.05) is 18.0 Å². The first kappa shape index (κ1) is 8.60. The summed E-state index contributed by atoms with van der Waals surface area (Å²) < 4.78 is 0. The van der Waals surface area contributed by atoms with E-state index >= 15 is 0 Å². The lowest BCUT2D eigenvalue weighted by Gasteiger charge is -2.19. The molecule has 1 rings (SSSR count). The molecule has 0 radical (unpaired) electrons. The number of rotatable bonds is 4. The zero-order valence-electron chi connectivity index (χ0n) is 7.21. The Morgan fingerprint density at radius 2 is 2.27 bits per heavy atom. The molecule has 0 aliphatic heterocycles. The van der Waals surface area contributed by atoms with Crippen LogP contribution in [0.1, 0.15) is 20.3 Å². The van der Waals surface area contributed by atoms with Gasteiger partial charge in [0, 0.05) is 13.1 Å². The average molecular weight is 169 g/mol. The highest BCUT2D eigenvalue weighted by molar-refractivity contribution is 7.14. The molecule has 1 aromatic rings. The molecule has 0 amide bonds. The van der Waals surface area contributed by atoms with Crippen LogP contribution in [0.25, 0.3) is 0 Å². The molecular weight excluding hydrogens is 154 g/mol. The van der Waals surface area contributed by atoms with E-state index in [1.165, 1.54) is 18.0 Å². The zero-order valence-corrected chi connectivity index (χ0v) is 8.03. The summed E-state index contributed by atoms with van der Waals surface area (Å²) in [5.74, 6) is 0. The Bertz CT molecular complexity index is 181. The summed E-state index contributed by atoms with van der Waals surface area (Å²) in [5.41, 5.74) is 0. The Labute approximate surface area is 72.7 Å². The molecule has 62 valence electrons. The maximum absolute atomic E-state index is 2.41. The fraction of sp³-hybridized carbons (Fsp3) is 0.556. The summed E-state index contributed by atoms with van der Waals surface area (Å²) in [7, 11) is 0. The van der Waals surface area contributed by atoms with Crippen LogP contribution >= 0.6 is 11.3 Å². The zero-order chi connectivity index (χ0) is 8.10. The van der Waals surface area contributed by atoms with Gasteiger partial charge in [0.25, 0.3) is 0 Å². The van der Waals surface area contributed by atoms with E-state index in [1.807, 2.05) is 11.3 Å². The topological polar surface area (TPSA) is 3.24 Å². The Kier molecular flexibility index (Phi) is 3.43. The van der Waals surface area contributed by atoms with Gasteiger partial charge in [0.1, 0.15) is 0 Å². The summed E-state index contributed by atoms with van der Waals surface area (Å²) >= 11 is 1.82. The molecule has 1 aromatic heterocycles. The minimum Gasteiger partial charge on any atom is -0.364 e. The molecule has 1 nitrogen and oxygen atoms in total. The van der Waals surface area contributed by atoms with Crippen LogP contribution in [0.3, 0.4) is 0 Å². The van der Waals surface area contributed by atoms with Gasteiger partial charge in [-0.2, -0.15) is 0 Å². The van der Waals surface area contributed by atoms with Crippen LogP contribution in [-0.2, 0) is 0 Å². The lowest BCUT2D eigenvalue weighted by molar-refractivity contribution is 0.799. The second-order valence-electron chi connectivity index (χ2n) is 2.53. The fourth-order valence-electron chi connectivity index (χ4n) is 1.14. The second-order valence-corrected chi connectivity index (χ2v) is 3.46. The number of hydrogen-bond acceptors (Lipinski definition) is 2. The lowest BCUT2D eigenvalue weighted by atomic mass is 10.4. The lowest BCUT2D eigenvalue weighted by Crippen LogP contribution is -2.22. The van der Waals surface area contributed by atoms with Crippen LogP contribution in [0.15, 0.2) is 17.5 Å². The Hall–Kier alpha value is -0.500. The Morgan fingerprint density at radius 1 is 1.45 bits per heavy atom. The number of thiophene rings is 1. The third-order valence-electron chi connectivity index (χ3n) is 1.69. The second kappa shape index (κ2) is 4.39. The van der Waals surface area contributed by atoms with Crippen molar-refractivity contribution >= 4 is 16.3 Å². The van der Waals surface area contributed by atoms with Crippen molar-refractivity contribution in [3.05, 3.63) is 17.5 Å². The maximum atomic E-state index is 2.41. The normalized spacial score (nSPS) is 10.0. The molecule has 0 aliphatic rings. The van der Waals surface area contributed by atoms with Crippen molar-refractivity contribution in [3.8, 4) is 0 Å². The SMILES string of the molecule is CCCN(CC)c1cccs1. The number of anilines is 1. The number of hydrogen-bond donors (Lipinski definition) is 0. The van der Waals surface area contributed by atoms with Crippen LogP contribution < -0.4 is 4.90 Å². The molecule has 11 heavy (non-hydrogen) atoms. The highest BCUT2D eigenvalue weighted by Crippen LogP contribution is 2.20. The molecule has 2 heteroatoms. The van der Waals surface area contributed by atoms with Crippen molar-refractivity contribution in [1.29, 1.82) is 0 Å². The summed E-state index contributed by atoms with van der Waals surface area (Å²) in [4.78, 5) is 2.41. The molecule has 0 atom stereocenters. The monoisotopic (exact) mass is 169 g/mol. The summed E-state index contributed by atoms with van der Waals surface area (Å²) in [5, 5.41) is 3.53. The molecule has 0 fully saturated rings. The smallest absolute Gasteiger partial charge is 0.0908 e. The van der Waals surface area contributed by atoms with Crippen molar-refractivity contribution in [1.82, 2.24) is 0 Å². The predicted molar refractivity (Wildman–Crippen MR) is 52.5 cm³/mol. The van der Waals surface area contributed by atoms with Gasteiger partial charge in [0.2, 0.25) is 0 Å². The van der Waals surface area contributed by atoms with Gasteiger partial charge in [-0.1, -0.05) is 6.92 Å². The average Bonchev–Trinajstić information content (AvgIpc) is 2.52. The van der Waals surface area contributed by atoms with Gasteiger partial charge in [0.15, 0.2) is 0 Å². The van der Waals surface area contributed by atoms with E-state index < -0.39 is 0 Å². The standard InChI is InChI=1S/C9H15NS/c1-3-7-10(4-2)9-6-5-8-11-9/h5-6,8H,3-4,7H2,1-2H3. The first-order chi connectivity index (χ1) is 5.38. The molecule has 0 N–H and O–H groups in total. The largest absolute Gasteiger partial charge is 0.364 e. The van der Waals surface area contributed by atoms with Gasteiger partial charge in [-0.3, -0.25) is 0 Å². The van der Waals surface area contributed by atoms with Gasteiger partial charge in [-0.15, -0.1) is 11.3 Å². The van der Waals surface area contributed by atoms with Gasteiger partial charge >= 0.3 is 0 Å². The summed E-state index contributed by atoms with van der Waals surface area (Å²) in [6.07, 6.45) is 1.23. The van der Waals surface area contributed by atoms with Crippen LogP contribution in [-0.4, -0.2) is 13.1 Å². The molecular formula is C9H15NS. The van der Waals surface area contributed by atoms with E-state index in [-0.39, 0.29) is 0 Å². The maximum Gasteiger partial charge on any atom is 0.0908 e. The summed E-state index contributed by atoms with van der Waals surface area (Å²) in [6, 6.07) is 4.29. The highest BCUT2D eigenvalue weighted by atomic mass is 32.1. The van der Waals surface area contributed by atoms with Gasteiger partial charge in [0.05, 0.1) is 5.00 Å². The van der Waals surface area contributed by atoms with Crippen LogP contribution in [0.4, 0.5) is 5.00 Å². The number of nitrogens with zero attached hydrogens (tertiary/aromatic N) is 1. The molecule has 0 unspecified atom stereocenters.